The van der Waals surface area contributed by atoms with Gasteiger partial charge < -0.3 is 10.2 Å². The van der Waals surface area contributed by atoms with Crippen LogP contribution in [0.15, 0.2) is 23.6 Å². The molecular formula is C14H14F3N3S. The van der Waals surface area contributed by atoms with Crippen molar-refractivity contribution in [3.8, 4) is 0 Å². The van der Waals surface area contributed by atoms with Gasteiger partial charge in [-0.15, -0.1) is 11.3 Å². The van der Waals surface area contributed by atoms with Crippen LogP contribution in [0.2, 0.25) is 0 Å². The van der Waals surface area contributed by atoms with Crippen molar-refractivity contribution in [2.75, 3.05) is 23.8 Å². The van der Waals surface area contributed by atoms with E-state index in [0.717, 1.165) is 18.6 Å². The molecule has 3 nitrogen and oxygen atoms in total. The van der Waals surface area contributed by atoms with Gasteiger partial charge in [-0.05, 0) is 35.6 Å². The van der Waals surface area contributed by atoms with E-state index >= 15 is 0 Å². The zero-order valence-electron chi connectivity index (χ0n) is 11.4. The van der Waals surface area contributed by atoms with Crippen LogP contribution in [-0.4, -0.2) is 18.6 Å². The van der Waals surface area contributed by atoms with Crippen LogP contribution in [0.5, 0.6) is 0 Å². The van der Waals surface area contributed by atoms with Gasteiger partial charge in [-0.25, -0.2) is 4.98 Å². The molecule has 2 aromatic rings. The number of fused-ring (bicyclic) bond motifs is 1. The van der Waals surface area contributed by atoms with Gasteiger partial charge >= 0.3 is 6.18 Å². The van der Waals surface area contributed by atoms with Gasteiger partial charge in [-0.3, -0.25) is 0 Å². The van der Waals surface area contributed by atoms with Gasteiger partial charge in [-0.1, -0.05) is 0 Å². The van der Waals surface area contributed by atoms with Crippen LogP contribution < -0.4 is 10.2 Å². The van der Waals surface area contributed by atoms with Crippen molar-refractivity contribution in [1.82, 2.24) is 4.98 Å². The molecule has 0 saturated heterocycles. The van der Waals surface area contributed by atoms with Crippen molar-refractivity contribution < 1.29 is 13.2 Å². The Bertz CT molecular complexity index is 651. The molecule has 112 valence electrons. The predicted molar refractivity (Wildman–Crippen MR) is 77.9 cm³/mol. The van der Waals surface area contributed by atoms with Crippen LogP contribution in [0, 0.1) is 0 Å². The minimum atomic E-state index is -4.37. The molecule has 0 fully saturated rings. The molecule has 0 spiro atoms. The minimum Gasteiger partial charge on any atom is -0.373 e. The molecule has 0 saturated carbocycles. The lowest BCUT2D eigenvalue weighted by Gasteiger charge is -2.28. The third-order valence-electron chi connectivity index (χ3n) is 3.53. The maximum absolute atomic E-state index is 13.0. The molecule has 0 aromatic carbocycles. The van der Waals surface area contributed by atoms with Gasteiger partial charge in [0.2, 0.25) is 0 Å². The Morgan fingerprint density at radius 2 is 2.14 bits per heavy atom. The normalized spacial score (nSPS) is 15.0. The van der Waals surface area contributed by atoms with Crippen molar-refractivity contribution in [2.24, 2.45) is 0 Å². The molecule has 1 N–H and O–H groups in total. The summed E-state index contributed by atoms with van der Waals surface area (Å²) in [7, 11) is 1.57. The zero-order chi connectivity index (χ0) is 15.0. The first kappa shape index (κ1) is 14.2. The average Bonchev–Trinajstić information content (AvgIpc) is 2.93. The summed E-state index contributed by atoms with van der Waals surface area (Å²) >= 11 is 1.70. The number of hydrogen-bond acceptors (Lipinski definition) is 4. The summed E-state index contributed by atoms with van der Waals surface area (Å²) in [5.41, 5.74) is 0.504. The van der Waals surface area contributed by atoms with E-state index in [-0.39, 0.29) is 5.82 Å². The molecule has 0 radical (unpaired) electrons. The summed E-state index contributed by atoms with van der Waals surface area (Å²) in [5.74, 6) is 0.599. The van der Waals surface area contributed by atoms with Crippen LogP contribution in [0.1, 0.15) is 16.0 Å². The number of anilines is 2. The summed E-state index contributed by atoms with van der Waals surface area (Å²) < 4.78 is 38.9. The quantitative estimate of drug-likeness (QED) is 0.915. The second-order valence-corrected chi connectivity index (χ2v) is 5.89. The zero-order valence-corrected chi connectivity index (χ0v) is 12.2. The highest BCUT2D eigenvalue weighted by Gasteiger charge is 2.32. The van der Waals surface area contributed by atoms with Crippen molar-refractivity contribution in [1.29, 1.82) is 0 Å². The first-order valence-corrected chi connectivity index (χ1v) is 7.42. The molecule has 21 heavy (non-hydrogen) atoms. The third kappa shape index (κ3) is 2.83. The molecule has 7 heteroatoms. The number of hydrogen-bond donors (Lipinski definition) is 1. The van der Waals surface area contributed by atoms with E-state index in [4.69, 9.17) is 0 Å². The standard InChI is InChI=1S/C14H14F3N3S/c1-18-12-6-10(14(15,16)17)7-13(19-12)20-4-2-11-9(8-20)3-5-21-11/h3,5-7H,2,4,8H2,1H3,(H,18,19). The molecule has 2 aromatic heterocycles. The van der Waals surface area contributed by atoms with Crippen LogP contribution in [0.4, 0.5) is 24.8 Å². The van der Waals surface area contributed by atoms with E-state index in [2.05, 4.69) is 10.3 Å². The highest BCUT2D eigenvalue weighted by molar-refractivity contribution is 7.10. The van der Waals surface area contributed by atoms with E-state index in [1.807, 2.05) is 16.3 Å². The summed E-state index contributed by atoms with van der Waals surface area (Å²) in [6, 6.07) is 4.18. The smallest absolute Gasteiger partial charge is 0.373 e. The summed E-state index contributed by atoms with van der Waals surface area (Å²) in [5, 5.41) is 4.72. The number of halogens is 3. The fourth-order valence-corrected chi connectivity index (χ4v) is 3.30. The Hall–Kier alpha value is -1.76. The van der Waals surface area contributed by atoms with Crippen LogP contribution in [-0.2, 0) is 19.1 Å². The van der Waals surface area contributed by atoms with E-state index in [9.17, 15) is 13.2 Å². The number of nitrogens with zero attached hydrogens (tertiary/aromatic N) is 2. The number of rotatable bonds is 2. The predicted octanol–water partition coefficient (Wildman–Crippen LogP) is 3.77. The number of nitrogens with one attached hydrogen (secondary N) is 1. The van der Waals surface area contributed by atoms with Crippen molar-refractivity contribution in [3.05, 3.63) is 39.6 Å². The van der Waals surface area contributed by atoms with Gasteiger partial charge in [0, 0.05) is 25.0 Å². The van der Waals surface area contributed by atoms with Crippen LogP contribution in [0.25, 0.3) is 0 Å². The molecular weight excluding hydrogens is 299 g/mol. The van der Waals surface area contributed by atoms with E-state index in [1.165, 1.54) is 10.4 Å². The molecule has 0 aliphatic carbocycles. The lowest BCUT2D eigenvalue weighted by atomic mass is 10.1. The maximum Gasteiger partial charge on any atom is 0.416 e. The van der Waals surface area contributed by atoms with Gasteiger partial charge in [-0.2, -0.15) is 13.2 Å². The lowest BCUT2D eigenvalue weighted by molar-refractivity contribution is -0.137. The van der Waals surface area contributed by atoms with E-state index < -0.39 is 11.7 Å². The Morgan fingerprint density at radius 3 is 2.86 bits per heavy atom. The minimum absolute atomic E-state index is 0.232. The van der Waals surface area contributed by atoms with Gasteiger partial charge in [0.15, 0.2) is 0 Å². The SMILES string of the molecule is CNc1cc(C(F)(F)F)cc(N2CCc3sccc3C2)n1. The van der Waals surface area contributed by atoms with Gasteiger partial charge in [0.05, 0.1) is 5.56 Å². The average molecular weight is 313 g/mol. The van der Waals surface area contributed by atoms with Crippen molar-refractivity contribution in [2.45, 2.75) is 19.1 Å². The maximum atomic E-state index is 13.0. The first-order valence-electron chi connectivity index (χ1n) is 6.54. The largest absolute Gasteiger partial charge is 0.416 e. The first-order chi connectivity index (χ1) is 9.97. The summed E-state index contributed by atoms with van der Waals surface area (Å²) in [4.78, 5) is 7.47. The lowest BCUT2D eigenvalue weighted by Crippen LogP contribution is -2.30. The van der Waals surface area contributed by atoms with Crippen molar-refractivity contribution >= 4 is 23.0 Å². The molecule has 1 aliphatic rings. The number of thiophene rings is 1. The summed E-state index contributed by atoms with van der Waals surface area (Å²) in [6.07, 6.45) is -3.52. The number of pyridine rings is 1. The number of aromatic nitrogens is 1. The molecule has 1 aliphatic heterocycles. The fourth-order valence-electron chi connectivity index (χ4n) is 2.41. The monoisotopic (exact) mass is 313 g/mol. The second kappa shape index (κ2) is 5.22. The fraction of sp³-hybridized carbons (Fsp3) is 0.357. The van der Waals surface area contributed by atoms with Crippen LogP contribution in [0.3, 0.4) is 0 Å². The molecule has 0 unspecified atom stereocenters. The van der Waals surface area contributed by atoms with E-state index in [0.29, 0.717) is 18.9 Å². The Kier molecular flexibility index (Phi) is 3.52. The van der Waals surface area contributed by atoms with E-state index in [1.54, 1.807) is 18.4 Å². The number of alkyl halides is 3. The van der Waals surface area contributed by atoms with Crippen LogP contribution >= 0.6 is 11.3 Å². The Morgan fingerprint density at radius 1 is 1.33 bits per heavy atom. The third-order valence-corrected chi connectivity index (χ3v) is 4.55. The highest BCUT2D eigenvalue weighted by Crippen LogP contribution is 2.34. The molecule has 0 amide bonds. The molecule has 3 rings (SSSR count). The molecule has 0 bridgehead atoms. The second-order valence-electron chi connectivity index (χ2n) is 4.89. The van der Waals surface area contributed by atoms with Crippen molar-refractivity contribution in [3.63, 3.8) is 0 Å². The Labute approximate surface area is 124 Å². The molecule has 3 heterocycles. The Balaban J connectivity index is 1.95. The topological polar surface area (TPSA) is 28.2 Å². The van der Waals surface area contributed by atoms with Gasteiger partial charge in [0.25, 0.3) is 0 Å². The molecule has 0 atom stereocenters. The van der Waals surface area contributed by atoms with Gasteiger partial charge in [0.1, 0.15) is 11.6 Å². The highest BCUT2D eigenvalue weighted by atomic mass is 32.1. The summed E-state index contributed by atoms with van der Waals surface area (Å²) in [6.45, 7) is 1.29.